The van der Waals surface area contributed by atoms with Gasteiger partial charge in [-0.05, 0) is 48.6 Å². The molecule has 1 aliphatic carbocycles. The third kappa shape index (κ3) is 5.64. The zero-order valence-corrected chi connectivity index (χ0v) is 17.7. The predicted octanol–water partition coefficient (Wildman–Crippen LogP) is 2.63. The summed E-state index contributed by atoms with van der Waals surface area (Å²) in [6, 6.07) is 13.1. The Hall–Kier alpha value is -2.87. The third-order valence-electron chi connectivity index (χ3n) is 5.36. The van der Waals surface area contributed by atoms with E-state index in [1.54, 1.807) is 18.2 Å². The number of benzene rings is 2. The van der Waals surface area contributed by atoms with Gasteiger partial charge in [0, 0.05) is 23.9 Å². The van der Waals surface area contributed by atoms with Gasteiger partial charge in [0.15, 0.2) is 0 Å². The van der Waals surface area contributed by atoms with E-state index < -0.39 is 11.3 Å². The first-order chi connectivity index (χ1) is 15.0. The summed E-state index contributed by atoms with van der Waals surface area (Å²) in [5.41, 5.74) is 2.06. The number of amides is 3. The Morgan fingerprint density at radius 2 is 1.90 bits per heavy atom. The highest BCUT2D eigenvalue weighted by Gasteiger charge is 2.33. The van der Waals surface area contributed by atoms with Crippen LogP contribution in [0.4, 0.5) is 10.1 Å². The summed E-state index contributed by atoms with van der Waals surface area (Å²) in [6.07, 6.45) is 2.17. The highest BCUT2D eigenvalue weighted by Crippen LogP contribution is 2.30. The topological polar surface area (TPSA) is 87.3 Å². The molecule has 1 saturated heterocycles. The number of hydrogen-bond donors (Lipinski definition) is 3. The number of hydrogen-bond acceptors (Lipinski definition) is 4. The SMILES string of the molecule is O=C(Nc1cccc(CNC(=O)[C@@H]2CS[C@H](Cc3ccccc3F)C(=O)N2)c1)C1CC1. The Bertz CT molecular complexity index is 996. The van der Waals surface area contributed by atoms with Crippen molar-refractivity contribution >= 4 is 35.2 Å². The molecule has 1 saturated carbocycles. The van der Waals surface area contributed by atoms with Crippen LogP contribution < -0.4 is 16.0 Å². The van der Waals surface area contributed by atoms with Crippen LogP contribution in [0.15, 0.2) is 48.5 Å². The van der Waals surface area contributed by atoms with E-state index in [1.165, 1.54) is 17.8 Å². The van der Waals surface area contributed by atoms with Crippen LogP contribution in [-0.2, 0) is 27.3 Å². The Morgan fingerprint density at radius 1 is 1.10 bits per heavy atom. The number of anilines is 1. The van der Waals surface area contributed by atoms with Crippen molar-refractivity contribution in [1.29, 1.82) is 0 Å². The van der Waals surface area contributed by atoms with Crippen molar-refractivity contribution in [2.45, 2.75) is 37.1 Å². The summed E-state index contributed by atoms with van der Waals surface area (Å²) >= 11 is 1.36. The lowest BCUT2D eigenvalue weighted by molar-refractivity contribution is -0.128. The summed E-state index contributed by atoms with van der Waals surface area (Å²) < 4.78 is 13.9. The van der Waals surface area contributed by atoms with Gasteiger partial charge in [0.2, 0.25) is 17.7 Å². The van der Waals surface area contributed by atoms with Gasteiger partial charge in [0.1, 0.15) is 11.9 Å². The van der Waals surface area contributed by atoms with Gasteiger partial charge in [-0.2, -0.15) is 0 Å². The van der Waals surface area contributed by atoms with Crippen LogP contribution >= 0.6 is 11.8 Å². The van der Waals surface area contributed by atoms with Gasteiger partial charge in [-0.1, -0.05) is 30.3 Å². The monoisotopic (exact) mass is 441 g/mol. The molecular weight excluding hydrogens is 417 g/mol. The first kappa shape index (κ1) is 21.4. The average molecular weight is 442 g/mol. The lowest BCUT2D eigenvalue weighted by atomic mass is 10.1. The quantitative estimate of drug-likeness (QED) is 0.617. The highest BCUT2D eigenvalue weighted by atomic mass is 32.2. The summed E-state index contributed by atoms with van der Waals surface area (Å²) in [4.78, 5) is 36.9. The normalized spacial score (nSPS) is 20.6. The van der Waals surface area contributed by atoms with Crippen molar-refractivity contribution in [3.05, 3.63) is 65.5 Å². The van der Waals surface area contributed by atoms with Gasteiger partial charge in [-0.3, -0.25) is 14.4 Å². The van der Waals surface area contributed by atoms with Crippen molar-refractivity contribution in [3.63, 3.8) is 0 Å². The van der Waals surface area contributed by atoms with Crippen molar-refractivity contribution in [2.75, 3.05) is 11.1 Å². The lowest BCUT2D eigenvalue weighted by Crippen LogP contribution is -2.54. The fraction of sp³-hybridized carbons (Fsp3) is 0.348. The highest BCUT2D eigenvalue weighted by molar-refractivity contribution is 8.00. The molecule has 0 aromatic heterocycles. The van der Waals surface area contributed by atoms with E-state index in [9.17, 15) is 18.8 Å². The summed E-state index contributed by atoms with van der Waals surface area (Å²) in [7, 11) is 0. The Balaban J connectivity index is 1.26. The molecule has 162 valence electrons. The smallest absolute Gasteiger partial charge is 0.243 e. The minimum atomic E-state index is -0.632. The summed E-state index contributed by atoms with van der Waals surface area (Å²) in [5, 5.41) is 8.05. The van der Waals surface area contributed by atoms with Crippen LogP contribution in [0.3, 0.4) is 0 Å². The number of rotatable bonds is 7. The second kappa shape index (κ2) is 9.51. The second-order valence-corrected chi connectivity index (χ2v) is 9.10. The molecule has 6 nitrogen and oxygen atoms in total. The van der Waals surface area contributed by atoms with Crippen molar-refractivity contribution < 1.29 is 18.8 Å². The van der Waals surface area contributed by atoms with Crippen LogP contribution in [0.25, 0.3) is 0 Å². The first-order valence-electron chi connectivity index (χ1n) is 10.3. The van der Waals surface area contributed by atoms with E-state index in [0.29, 0.717) is 23.5 Å². The van der Waals surface area contributed by atoms with E-state index in [2.05, 4.69) is 16.0 Å². The van der Waals surface area contributed by atoms with Crippen molar-refractivity contribution in [1.82, 2.24) is 10.6 Å². The molecule has 3 N–H and O–H groups in total. The minimum absolute atomic E-state index is 0.0352. The standard InChI is InChI=1S/C23H24FN3O3S/c24-18-7-2-1-5-16(18)11-20-23(30)27-19(13-31-20)22(29)25-12-14-4-3-6-17(10-14)26-21(28)15-8-9-15/h1-7,10,15,19-20H,8-9,11-13H2,(H,25,29)(H,26,28)(H,27,30)/t19-,20+/m0/s1. The van der Waals surface area contributed by atoms with Crippen LogP contribution in [0.5, 0.6) is 0 Å². The molecule has 8 heteroatoms. The molecule has 0 bridgehead atoms. The summed E-state index contributed by atoms with van der Waals surface area (Å²) in [6.45, 7) is 0.293. The lowest BCUT2D eigenvalue weighted by Gasteiger charge is -2.28. The Labute approximate surface area is 184 Å². The fourth-order valence-corrected chi connectivity index (χ4v) is 4.59. The molecule has 2 aliphatic rings. The average Bonchev–Trinajstić information content (AvgIpc) is 3.61. The molecule has 0 spiro atoms. The Kier molecular flexibility index (Phi) is 6.56. The minimum Gasteiger partial charge on any atom is -0.350 e. The maximum Gasteiger partial charge on any atom is 0.243 e. The van der Waals surface area contributed by atoms with Crippen molar-refractivity contribution in [3.8, 4) is 0 Å². The second-order valence-electron chi connectivity index (χ2n) is 7.86. The molecule has 0 unspecified atom stereocenters. The van der Waals surface area contributed by atoms with Crippen LogP contribution in [0, 0.1) is 11.7 Å². The number of halogens is 1. The molecule has 3 amide bonds. The molecule has 2 fully saturated rings. The van der Waals surface area contributed by atoms with E-state index in [1.807, 2.05) is 24.3 Å². The van der Waals surface area contributed by atoms with E-state index in [0.717, 1.165) is 18.4 Å². The number of carbonyl (C=O) groups is 3. The van der Waals surface area contributed by atoms with E-state index >= 15 is 0 Å². The molecule has 2 aromatic rings. The number of thioether (sulfide) groups is 1. The zero-order valence-electron chi connectivity index (χ0n) is 16.9. The summed E-state index contributed by atoms with van der Waals surface area (Å²) in [5.74, 6) is -0.270. The zero-order chi connectivity index (χ0) is 21.8. The molecule has 1 aliphatic heterocycles. The largest absolute Gasteiger partial charge is 0.350 e. The maximum atomic E-state index is 13.9. The predicted molar refractivity (Wildman–Crippen MR) is 118 cm³/mol. The first-order valence-corrected chi connectivity index (χ1v) is 11.4. The molecule has 4 rings (SSSR count). The van der Waals surface area contributed by atoms with E-state index in [4.69, 9.17) is 0 Å². The van der Waals surface area contributed by atoms with Crippen molar-refractivity contribution in [2.24, 2.45) is 5.92 Å². The fourth-order valence-electron chi connectivity index (χ4n) is 3.41. The van der Waals surface area contributed by atoms with Crippen LogP contribution in [-0.4, -0.2) is 34.8 Å². The van der Waals surface area contributed by atoms with Gasteiger partial charge < -0.3 is 16.0 Å². The number of nitrogens with one attached hydrogen (secondary N) is 3. The maximum absolute atomic E-state index is 13.9. The molecular formula is C23H24FN3O3S. The molecule has 0 radical (unpaired) electrons. The molecule has 1 heterocycles. The number of carbonyl (C=O) groups excluding carboxylic acids is 3. The van der Waals surface area contributed by atoms with Gasteiger partial charge in [0.25, 0.3) is 0 Å². The van der Waals surface area contributed by atoms with Gasteiger partial charge in [0.05, 0.1) is 5.25 Å². The van der Waals surface area contributed by atoms with Crippen LogP contribution in [0.2, 0.25) is 0 Å². The Morgan fingerprint density at radius 3 is 2.65 bits per heavy atom. The molecule has 2 atom stereocenters. The van der Waals surface area contributed by atoms with Crippen LogP contribution in [0.1, 0.15) is 24.0 Å². The van der Waals surface area contributed by atoms with Gasteiger partial charge in [-0.25, -0.2) is 4.39 Å². The van der Waals surface area contributed by atoms with Gasteiger partial charge >= 0.3 is 0 Å². The van der Waals surface area contributed by atoms with E-state index in [-0.39, 0.29) is 35.9 Å². The third-order valence-corrected chi connectivity index (χ3v) is 6.67. The molecule has 2 aromatic carbocycles. The molecule has 31 heavy (non-hydrogen) atoms. The van der Waals surface area contributed by atoms with Gasteiger partial charge in [-0.15, -0.1) is 11.8 Å².